The Kier molecular flexibility index (Phi) is 4.51. The molecule has 1 aromatic heterocycles. The molecule has 0 aliphatic carbocycles. The summed E-state index contributed by atoms with van der Waals surface area (Å²) in [5.74, 6) is 0.321. The first kappa shape index (κ1) is 17.4. The lowest BCUT2D eigenvalue weighted by molar-refractivity contribution is -0.384. The van der Waals surface area contributed by atoms with Gasteiger partial charge in [-0.2, -0.15) is 0 Å². The molecule has 0 fully saturated rings. The van der Waals surface area contributed by atoms with Crippen LogP contribution < -0.4 is 5.56 Å². The van der Waals surface area contributed by atoms with Crippen LogP contribution in [0.2, 0.25) is 0 Å². The van der Waals surface area contributed by atoms with E-state index >= 15 is 0 Å². The van der Waals surface area contributed by atoms with Gasteiger partial charge in [-0.05, 0) is 29.8 Å². The first-order chi connectivity index (χ1) is 13.6. The van der Waals surface area contributed by atoms with Crippen molar-refractivity contribution in [1.82, 2.24) is 9.55 Å². The molecule has 0 atom stereocenters. The van der Waals surface area contributed by atoms with E-state index in [2.05, 4.69) is 4.98 Å². The van der Waals surface area contributed by atoms with Gasteiger partial charge in [-0.25, -0.2) is 4.98 Å². The lowest BCUT2D eigenvalue weighted by Gasteiger charge is -2.11. The number of rotatable bonds is 4. The number of hydrogen-bond acceptors (Lipinski definition) is 4. The Balaban J connectivity index is 2.01. The molecule has 0 spiro atoms. The average molecular weight is 369 g/mol. The van der Waals surface area contributed by atoms with Gasteiger partial charge < -0.3 is 0 Å². The van der Waals surface area contributed by atoms with Gasteiger partial charge in [-0.1, -0.05) is 60.7 Å². The topological polar surface area (TPSA) is 78.0 Å². The molecule has 1 heterocycles. The summed E-state index contributed by atoms with van der Waals surface area (Å²) in [4.78, 5) is 28.8. The van der Waals surface area contributed by atoms with E-state index < -0.39 is 4.92 Å². The van der Waals surface area contributed by atoms with Crippen LogP contribution in [-0.4, -0.2) is 14.5 Å². The third-order valence-electron chi connectivity index (χ3n) is 4.35. The molecule has 0 saturated carbocycles. The highest BCUT2D eigenvalue weighted by Gasteiger charge is 2.19. The number of nitrogens with zero attached hydrogens (tertiary/aromatic N) is 3. The van der Waals surface area contributed by atoms with E-state index in [0.717, 1.165) is 5.56 Å². The van der Waals surface area contributed by atoms with Crippen molar-refractivity contribution in [3.05, 3.63) is 111 Å². The molecule has 28 heavy (non-hydrogen) atoms. The number of hydrogen-bond donors (Lipinski definition) is 0. The van der Waals surface area contributed by atoms with Crippen molar-refractivity contribution in [1.29, 1.82) is 0 Å². The Morgan fingerprint density at radius 2 is 1.54 bits per heavy atom. The molecule has 3 aromatic carbocycles. The summed E-state index contributed by atoms with van der Waals surface area (Å²) < 4.78 is 1.29. The van der Waals surface area contributed by atoms with Crippen molar-refractivity contribution in [2.45, 2.75) is 0 Å². The Morgan fingerprint density at radius 1 is 0.857 bits per heavy atom. The van der Waals surface area contributed by atoms with Crippen LogP contribution in [0.1, 0.15) is 11.4 Å². The van der Waals surface area contributed by atoms with Gasteiger partial charge in [0.2, 0.25) is 0 Å². The fraction of sp³-hybridized carbons (Fsp3) is 0. The molecule has 136 valence electrons. The van der Waals surface area contributed by atoms with Gasteiger partial charge >= 0.3 is 0 Å². The molecule has 0 aliphatic heterocycles. The zero-order valence-electron chi connectivity index (χ0n) is 14.7. The number of fused-ring (bicyclic) bond motifs is 1. The molecular formula is C22H15N3O3. The maximum atomic E-state index is 13.2. The van der Waals surface area contributed by atoms with Gasteiger partial charge in [0.05, 0.1) is 15.8 Å². The van der Waals surface area contributed by atoms with E-state index in [0.29, 0.717) is 16.7 Å². The van der Waals surface area contributed by atoms with Crippen LogP contribution in [0.4, 0.5) is 5.69 Å². The molecule has 0 bridgehead atoms. The van der Waals surface area contributed by atoms with Gasteiger partial charge in [0.15, 0.2) is 0 Å². The summed E-state index contributed by atoms with van der Waals surface area (Å²) in [5, 5.41) is 11.9. The van der Waals surface area contributed by atoms with Crippen LogP contribution in [0.15, 0.2) is 83.7 Å². The summed E-state index contributed by atoms with van der Waals surface area (Å²) in [6.45, 7) is 0. The molecule has 6 nitrogen and oxygen atoms in total. The molecule has 0 radical (unpaired) electrons. The molecule has 0 amide bonds. The summed E-state index contributed by atoms with van der Waals surface area (Å²) in [7, 11) is 0. The summed E-state index contributed by atoms with van der Waals surface area (Å²) in [5.41, 5.74) is 1.14. The maximum absolute atomic E-state index is 13.2. The molecule has 0 saturated heterocycles. The molecular weight excluding hydrogens is 354 g/mol. The first-order valence-electron chi connectivity index (χ1n) is 8.64. The minimum atomic E-state index is -0.498. The smallest absolute Gasteiger partial charge is 0.268 e. The molecule has 6 heteroatoms. The van der Waals surface area contributed by atoms with E-state index in [1.807, 2.05) is 36.4 Å². The third-order valence-corrected chi connectivity index (χ3v) is 4.35. The lowest BCUT2D eigenvalue weighted by Crippen LogP contribution is -2.23. The molecule has 0 N–H and O–H groups in total. The quantitative estimate of drug-likeness (QED) is 0.393. The molecule has 0 aliphatic rings. The fourth-order valence-electron chi connectivity index (χ4n) is 3.04. The lowest BCUT2D eigenvalue weighted by atomic mass is 10.2. The summed E-state index contributed by atoms with van der Waals surface area (Å²) in [6.07, 6.45) is 3.52. The van der Waals surface area contributed by atoms with Crippen molar-refractivity contribution >= 4 is 28.7 Å². The number of para-hydroxylation sites is 3. The first-order valence-corrected chi connectivity index (χ1v) is 8.64. The van der Waals surface area contributed by atoms with Crippen molar-refractivity contribution in [2.24, 2.45) is 0 Å². The fourth-order valence-corrected chi connectivity index (χ4v) is 3.04. The van der Waals surface area contributed by atoms with Crippen LogP contribution in [0.25, 0.3) is 28.7 Å². The second kappa shape index (κ2) is 7.28. The Hall–Kier alpha value is -4.06. The SMILES string of the molecule is O=c1c2ccccc2nc(/C=C/c2ccccc2)n1-c1ccccc1[N+](=O)[O-]. The number of nitro groups is 1. The highest BCUT2D eigenvalue weighted by molar-refractivity contribution is 5.80. The molecule has 4 rings (SSSR count). The maximum Gasteiger partial charge on any atom is 0.293 e. The van der Waals surface area contributed by atoms with Crippen LogP contribution in [0, 0.1) is 10.1 Å². The van der Waals surface area contributed by atoms with Crippen molar-refractivity contribution in [2.75, 3.05) is 0 Å². The largest absolute Gasteiger partial charge is 0.293 e. The minimum absolute atomic E-state index is 0.156. The molecule has 4 aromatic rings. The predicted molar refractivity (Wildman–Crippen MR) is 109 cm³/mol. The predicted octanol–water partition coefficient (Wildman–Crippen LogP) is 4.46. The van der Waals surface area contributed by atoms with E-state index in [4.69, 9.17) is 0 Å². The Morgan fingerprint density at radius 3 is 2.32 bits per heavy atom. The zero-order valence-corrected chi connectivity index (χ0v) is 14.7. The van der Waals surface area contributed by atoms with Crippen molar-refractivity contribution in [3.63, 3.8) is 0 Å². The Bertz CT molecular complexity index is 1260. The van der Waals surface area contributed by atoms with Crippen LogP contribution in [0.5, 0.6) is 0 Å². The highest BCUT2D eigenvalue weighted by atomic mass is 16.6. The summed E-state index contributed by atoms with van der Waals surface area (Å²) >= 11 is 0. The standard InChI is InChI=1S/C22H15N3O3/c26-22-17-10-4-5-11-18(17)23-21(15-14-16-8-2-1-3-9-16)24(22)19-12-6-7-13-20(19)25(27)28/h1-15H/b15-14+. The molecule has 0 unspecified atom stereocenters. The van der Waals surface area contributed by atoms with E-state index in [9.17, 15) is 14.9 Å². The third kappa shape index (κ3) is 3.19. The zero-order chi connectivity index (χ0) is 19.5. The van der Waals surface area contributed by atoms with Gasteiger partial charge in [-0.3, -0.25) is 19.5 Å². The number of benzene rings is 3. The average Bonchev–Trinajstić information content (AvgIpc) is 2.73. The van der Waals surface area contributed by atoms with E-state index in [1.165, 1.54) is 10.6 Å². The normalized spacial score (nSPS) is 11.1. The van der Waals surface area contributed by atoms with E-state index in [-0.39, 0.29) is 16.9 Å². The summed E-state index contributed by atoms with van der Waals surface area (Å²) in [6, 6.07) is 22.7. The van der Waals surface area contributed by atoms with Gasteiger partial charge in [0.1, 0.15) is 11.5 Å². The second-order valence-electron chi connectivity index (χ2n) is 6.12. The number of nitro benzene ring substituents is 1. The van der Waals surface area contributed by atoms with Crippen LogP contribution in [0.3, 0.4) is 0 Å². The van der Waals surface area contributed by atoms with Gasteiger partial charge in [0, 0.05) is 6.07 Å². The van der Waals surface area contributed by atoms with Crippen molar-refractivity contribution < 1.29 is 4.92 Å². The Labute approximate surface area is 160 Å². The van der Waals surface area contributed by atoms with Crippen LogP contribution in [-0.2, 0) is 0 Å². The van der Waals surface area contributed by atoms with Gasteiger partial charge in [-0.15, -0.1) is 0 Å². The second-order valence-corrected chi connectivity index (χ2v) is 6.12. The minimum Gasteiger partial charge on any atom is -0.268 e. The number of aromatic nitrogens is 2. The highest BCUT2D eigenvalue weighted by Crippen LogP contribution is 2.23. The van der Waals surface area contributed by atoms with Gasteiger partial charge in [0.25, 0.3) is 11.2 Å². The van der Waals surface area contributed by atoms with Crippen LogP contribution >= 0.6 is 0 Å². The van der Waals surface area contributed by atoms with Crippen molar-refractivity contribution in [3.8, 4) is 5.69 Å². The monoisotopic (exact) mass is 369 g/mol. The van der Waals surface area contributed by atoms with E-state index in [1.54, 1.807) is 48.5 Å².